The lowest BCUT2D eigenvalue weighted by atomic mass is 10.1. The molecular weight excluding hydrogens is 196 g/mol. The highest BCUT2D eigenvalue weighted by molar-refractivity contribution is 5.57. The lowest BCUT2D eigenvalue weighted by Gasteiger charge is -1.97. The summed E-state index contributed by atoms with van der Waals surface area (Å²) in [5.74, 6) is 5.77. The standard InChI is InChI=1S/C9H10N4O2/c1-6-4-11-3-2-7(6)9-12-8(5-14-10)15-13-9/h2-4H,5,10H2,1H3. The van der Waals surface area contributed by atoms with Gasteiger partial charge in [-0.25, -0.2) is 5.90 Å². The van der Waals surface area contributed by atoms with Crippen molar-refractivity contribution >= 4 is 0 Å². The molecule has 0 aliphatic heterocycles. The number of aromatic nitrogens is 3. The van der Waals surface area contributed by atoms with Crippen molar-refractivity contribution in [2.75, 3.05) is 0 Å². The maximum Gasteiger partial charge on any atom is 0.255 e. The second-order valence-corrected chi connectivity index (χ2v) is 3.01. The van der Waals surface area contributed by atoms with Crippen molar-refractivity contribution in [3.05, 3.63) is 29.9 Å². The summed E-state index contributed by atoms with van der Waals surface area (Å²) in [4.78, 5) is 12.5. The average molecular weight is 206 g/mol. The monoisotopic (exact) mass is 206 g/mol. The van der Waals surface area contributed by atoms with E-state index in [0.29, 0.717) is 11.7 Å². The third-order valence-electron chi connectivity index (χ3n) is 1.94. The van der Waals surface area contributed by atoms with Crippen LogP contribution in [0.1, 0.15) is 11.5 Å². The second-order valence-electron chi connectivity index (χ2n) is 3.01. The fourth-order valence-corrected chi connectivity index (χ4v) is 1.22. The van der Waals surface area contributed by atoms with Crippen molar-refractivity contribution in [1.29, 1.82) is 0 Å². The van der Waals surface area contributed by atoms with Gasteiger partial charge >= 0.3 is 0 Å². The number of nitrogens with zero attached hydrogens (tertiary/aromatic N) is 3. The molecular formula is C9H10N4O2. The molecule has 2 heterocycles. The highest BCUT2D eigenvalue weighted by atomic mass is 16.6. The van der Waals surface area contributed by atoms with E-state index >= 15 is 0 Å². The maximum absolute atomic E-state index is 4.93. The predicted octanol–water partition coefficient (Wildman–Crippen LogP) is 0.830. The van der Waals surface area contributed by atoms with E-state index in [-0.39, 0.29) is 6.61 Å². The van der Waals surface area contributed by atoms with Crippen LogP contribution in [0.2, 0.25) is 0 Å². The maximum atomic E-state index is 4.93. The first kappa shape index (κ1) is 9.75. The van der Waals surface area contributed by atoms with Gasteiger partial charge in [0.2, 0.25) is 5.82 Å². The number of hydrogen-bond acceptors (Lipinski definition) is 6. The summed E-state index contributed by atoms with van der Waals surface area (Å²) in [5.41, 5.74) is 1.87. The van der Waals surface area contributed by atoms with Crippen molar-refractivity contribution < 1.29 is 9.36 Å². The van der Waals surface area contributed by atoms with E-state index in [1.165, 1.54) is 0 Å². The Morgan fingerprint density at radius 2 is 2.40 bits per heavy atom. The number of pyridine rings is 1. The Hall–Kier alpha value is -1.79. The van der Waals surface area contributed by atoms with Crippen molar-refractivity contribution in [1.82, 2.24) is 15.1 Å². The Kier molecular flexibility index (Phi) is 2.70. The van der Waals surface area contributed by atoms with Gasteiger partial charge in [0.25, 0.3) is 5.89 Å². The molecule has 6 heteroatoms. The predicted molar refractivity (Wildman–Crippen MR) is 51.2 cm³/mol. The highest BCUT2D eigenvalue weighted by Crippen LogP contribution is 2.18. The number of hydrogen-bond donors (Lipinski definition) is 1. The third kappa shape index (κ3) is 2.00. The Morgan fingerprint density at radius 1 is 1.53 bits per heavy atom. The molecule has 0 aliphatic carbocycles. The van der Waals surface area contributed by atoms with Gasteiger partial charge < -0.3 is 4.52 Å². The minimum absolute atomic E-state index is 0.108. The molecule has 0 fully saturated rings. The van der Waals surface area contributed by atoms with Crippen LogP contribution in [0.5, 0.6) is 0 Å². The molecule has 2 aromatic rings. The van der Waals surface area contributed by atoms with Gasteiger partial charge in [-0.3, -0.25) is 9.82 Å². The SMILES string of the molecule is Cc1cnccc1-c1noc(CON)n1. The van der Waals surface area contributed by atoms with Crippen molar-refractivity contribution in [3.63, 3.8) is 0 Å². The zero-order valence-corrected chi connectivity index (χ0v) is 8.17. The zero-order chi connectivity index (χ0) is 10.7. The molecule has 6 nitrogen and oxygen atoms in total. The number of rotatable bonds is 3. The van der Waals surface area contributed by atoms with Gasteiger partial charge in [-0.05, 0) is 18.6 Å². The van der Waals surface area contributed by atoms with E-state index in [4.69, 9.17) is 10.4 Å². The summed E-state index contributed by atoms with van der Waals surface area (Å²) in [7, 11) is 0. The fourth-order valence-electron chi connectivity index (χ4n) is 1.22. The molecule has 2 N–H and O–H groups in total. The summed E-state index contributed by atoms with van der Waals surface area (Å²) < 4.78 is 4.93. The normalized spacial score (nSPS) is 10.5. The van der Waals surface area contributed by atoms with E-state index in [2.05, 4.69) is 20.0 Å². The van der Waals surface area contributed by atoms with Gasteiger partial charge in [-0.15, -0.1) is 0 Å². The molecule has 0 radical (unpaired) electrons. The summed E-state index contributed by atoms with van der Waals surface area (Å²) in [6.45, 7) is 2.04. The van der Waals surface area contributed by atoms with Crippen LogP contribution in [-0.2, 0) is 11.4 Å². The van der Waals surface area contributed by atoms with E-state index in [1.54, 1.807) is 12.4 Å². The largest absolute Gasteiger partial charge is 0.336 e. The van der Waals surface area contributed by atoms with Crippen LogP contribution in [0.3, 0.4) is 0 Å². The van der Waals surface area contributed by atoms with Crippen molar-refractivity contribution in [2.24, 2.45) is 5.90 Å². The van der Waals surface area contributed by atoms with Crippen LogP contribution < -0.4 is 5.90 Å². The molecule has 0 saturated heterocycles. The number of nitrogens with two attached hydrogens (primary N) is 1. The van der Waals surface area contributed by atoms with Gasteiger partial charge in [-0.1, -0.05) is 5.16 Å². The highest BCUT2D eigenvalue weighted by Gasteiger charge is 2.10. The zero-order valence-electron chi connectivity index (χ0n) is 8.17. The molecule has 0 saturated carbocycles. The van der Waals surface area contributed by atoms with Crippen LogP contribution >= 0.6 is 0 Å². The van der Waals surface area contributed by atoms with Crippen molar-refractivity contribution in [3.8, 4) is 11.4 Å². The van der Waals surface area contributed by atoms with Gasteiger partial charge in [-0.2, -0.15) is 4.98 Å². The molecule has 0 spiro atoms. The molecule has 78 valence electrons. The van der Waals surface area contributed by atoms with Gasteiger partial charge in [0.15, 0.2) is 0 Å². The second kappa shape index (κ2) is 4.16. The molecule has 0 unspecified atom stereocenters. The van der Waals surface area contributed by atoms with E-state index in [9.17, 15) is 0 Å². The molecule has 0 atom stereocenters. The van der Waals surface area contributed by atoms with Gasteiger partial charge in [0, 0.05) is 18.0 Å². The van der Waals surface area contributed by atoms with E-state index < -0.39 is 0 Å². The molecule has 0 aromatic carbocycles. The first-order valence-corrected chi connectivity index (χ1v) is 4.36. The van der Waals surface area contributed by atoms with Crippen LogP contribution in [0, 0.1) is 6.92 Å². The molecule has 2 aromatic heterocycles. The van der Waals surface area contributed by atoms with Crippen LogP contribution in [-0.4, -0.2) is 15.1 Å². The quantitative estimate of drug-likeness (QED) is 0.748. The first-order valence-electron chi connectivity index (χ1n) is 4.36. The average Bonchev–Trinajstić information content (AvgIpc) is 2.68. The summed E-state index contributed by atoms with van der Waals surface area (Å²) >= 11 is 0. The van der Waals surface area contributed by atoms with Crippen LogP contribution in [0.25, 0.3) is 11.4 Å². The smallest absolute Gasteiger partial charge is 0.255 e. The lowest BCUT2D eigenvalue weighted by molar-refractivity contribution is 0.0996. The molecule has 0 amide bonds. The molecule has 15 heavy (non-hydrogen) atoms. The molecule has 2 rings (SSSR count). The Labute approximate surface area is 86.0 Å². The Balaban J connectivity index is 2.33. The minimum Gasteiger partial charge on any atom is -0.336 e. The summed E-state index contributed by atoms with van der Waals surface area (Å²) in [6, 6.07) is 1.83. The van der Waals surface area contributed by atoms with E-state index in [1.807, 2.05) is 13.0 Å². The lowest BCUT2D eigenvalue weighted by Crippen LogP contribution is -1.98. The topological polar surface area (TPSA) is 87.1 Å². The summed E-state index contributed by atoms with van der Waals surface area (Å²) in [5, 5.41) is 3.82. The van der Waals surface area contributed by atoms with Crippen LogP contribution in [0.15, 0.2) is 23.0 Å². The third-order valence-corrected chi connectivity index (χ3v) is 1.94. The van der Waals surface area contributed by atoms with Gasteiger partial charge in [0.05, 0.1) is 0 Å². The minimum atomic E-state index is 0.108. The molecule has 0 aliphatic rings. The summed E-state index contributed by atoms with van der Waals surface area (Å²) in [6.07, 6.45) is 3.42. The Morgan fingerprint density at radius 3 is 3.13 bits per heavy atom. The first-order chi connectivity index (χ1) is 7.31. The van der Waals surface area contributed by atoms with Crippen LogP contribution in [0.4, 0.5) is 0 Å². The fraction of sp³-hybridized carbons (Fsp3) is 0.222. The molecule has 0 bridgehead atoms. The Bertz CT molecular complexity index is 455. The van der Waals surface area contributed by atoms with Crippen molar-refractivity contribution in [2.45, 2.75) is 13.5 Å². The van der Waals surface area contributed by atoms with E-state index in [0.717, 1.165) is 11.1 Å². The van der Waals surface area contributed by atoms with Gasteiger partial charge in [0.1, 0.15) is 6.61 Å². The number of aryl methyl sites for hydroxylation is 1.